The summed E-state index contributed by atoms with van der Waals surface area (Å²) in [4.78, 5) is 32.7. The topological polar surface area (TPSA) is 85.7 Å². The summed E-state index contributed by atoms with van der Waals surface area (Å²) < 4.78 is 15.0. The highest BCUT2D eigenvalue weighted by molar-refractivity contribution is 5.95. The van der Waals surface area contributed by atoms with E-state index < -0.39 is 16.6 Å². The van der Waals surface area contributed by atoms with Gasteiger partial charge in [0.25, 0.3) is 5.91 Å². The lowest BCUT2D eigenvalue weighted by Crippen LogP contribution is -2.74. The van der Waals surface area contributed by atoms with Gasteiger partial charge in [0.05, 0.1) is 29.6 Å². The Balaban J connectivity index is 1.30. The van der Waals surface area contributed by atoms with Crippen molar-refractivity contribution in [2.75, 3.05) is 29.6 Å². The van der Waals surface area contributed by atoms with Gasteiger partial charge in [-0.1, -0.05) is 52.0 Å². The number of hydroxylamine groups is 1. The van der Waals surface area contributed by atoms with Gasteiger partial charge in [0, 0.05) is 47.0 Å². The standard InChI is InChI=1S/C30H33FN4O3/c1-29(2)27(33-26(37)21-10-11-24(23(31)15-21)34-14-12-19(17-34)18-36)30(3,4)28(29)38-35-13-6-9-20-7-5-8-22(16-32)25(20)35/h5-11,15,18-19,27-28H,12-14,17H2,1-4H3,(H,33,37)/t19-,27?,28?/m0/s1. The number of hydrogen-bond donors (Lipinski definition) is 1. The molecule has 8 heteroatoms. The molecule has 38 heavy (non-hydrogen) atoms. The van der Waals surface area contributed by atoms with Gasteiger partial charge in [-0.05, 0) is 30.7 Å². The van der Waals surface area contributed by atoms with Gasteiger partial charge in [-0.15, -0.1) is 0 Å². The molecule has 5 rings (SSSR count). The molecule has 3 aliphatic rings. The van der Waals surface area contributed by atoms with Crippen LogP contribution in [0.3, 0.4) is 0 Å². The molecule has 1 atom stereocenters. The van der Waals surface area contributed by atoms with E-state index in [1.54, 1.807) is 23.3 Å². The number of rotatable bonds is 6. The van der Waals surface area contributed by atoms with Crippen molar-refractivity contribution in [3.63, 3.8) is 0 Å². The molecule has 0 radical (unpaired) electrons. The lowest BCUT2D eigenvalue weighted by Gasteiger charge is -2.63. The van der Waals surface area contributed by atoms with Crippen molar-refractivity contribution in [2.45, 2.75) is 46.3 Å². The number of hydrogen-bond acceptors (Lipinski definition) is 6. The van der Waals surface area contributed by atoms with E-state index in [1.807, 2.05) is 56.9 Å². The Morgan fingerprint density at radius 2 is 1.97 bits per heavy atom. The quantitative estimate of drug-likeness (QED) is 0.560. The van der Waals surface area contributed by atoms with Crippen molar-refractivity contribution in [1.82, 2.24) is 5.32 Å². The minimum absolute atomic E-state index is 0.0865. The molecule has 7 nitrogen and oxygen atoms in total. The SMILES string of the molecule is CC1(C)C(NC(=O)c2ccc(N3CC[C@H](C=O)C3)c(F)c2)C(C)(C)C1ON1CC=Cc2cccc(C#N)c21. The van der Waals surface area contributed by atoms with Crippen molar-refractivity contribution in [3.05, 3.63) is 65.0 Å². The smallest absolute Gasteiger partial charge is 0.251 e. The van der Waals surface area contributed by atoms with Crippen LogP contribution >= 0.6 is 0 Å². The highest BCUT2D eigenvalue weighted by atomic mass is 19.1. The van der Waals surface area contributed by atoms with Crippen LogP contribution in [-0.4, -0.2) is 44.0 Å². The maximum Gasteiger partial charge on any atom is 0.251 e. The summed E-state index contributed by atoms with van der Waals surface area (Å²) in [5.41, 5.74) is 2.03. The molecule has 2 heterocycles. The fourth-order valence-electron chi connectivity index (χ4n) is 6.66. The van der Waals surface area contributed by atoms with E-state index >= 15 is 0 Å². The minimum atomic E-state index is -0.470. The van der Waals surface area contributed by atoms with Gasteiger partial charge in [-0.3, -0.25) is 9.63 Å². The third-order valence-corrected chi connectivity index (χ3v) is 8.32. The second kappa shape index (κ2) is 9.55. The fourth-order valence-corrected chi connectivity index (χ4v) is 6.66. The van der Waals surface area contributed by atoms with Gasteiger partial charge in [-0.25, -0.2) is 9.45 Å². The number of nitrogens with one attached hydrogen (secondary N) is 1. The van der Waals surface area contributed by atoms with Crippen LogP contribution in [0.4, 0.5) is 15.8 Å². The first-order valence-electron chi connectivity index (χ1n) is 13.0. The Kier molecular flexibility index (Phi) is 6.52. The van der Waals surface area contributed by atoms with E-state index in [-0.39, 0.29) is 29.5 Å². The molecule has 1 aliphatic carbocycles. The van der Waals surface area contributed by atoms with Crippen LogP contribution in [0.2, 0.25) is 0 Å². The third-order valence-electron chi connectivity index (χ3n) is 8.32. The number of nitriles is 1. The van der Waals surface area contributed by atoms with Gasteiger partial charge >= 0.3 is 0 Å². The maximum absolute atomic E-state index is 15.0. The van der Waals surface area contributed by atoms with Crippen molar-refractivity contribution in [1.29, 1.82) is 5.26 Å². The molecular weight excluding hydrogens is 483 g/mol. The molecule has 2 fully saturated rings. The first-order valence-corrected chi connectivity index (χ1v) is 13.0. The Hall–Kier alpha value is -3.70. The zero-order chi connectivity index (χ0) is 27.2. The largest absolute Gasteiger partial charge is 0.368 e. The van der Waals surface area contributed by atoms with Crippen molar-refractivity contribution >= 4 is 29.6 Å². The highest BCUT2D eigenvalue weighted by Crippen LogP contribution is 2.56. The van der Waals surface area contributed by atoms with E-state index in [0.717, 1.165) is 17.5 Å². The lowest BCUT2D eigenvalue weighted by atomic mass is 9.49. The van der Waals surface area contributed by atoms with Crippen LogP contribution in [0, 0.1) is 33.9 Å². The third kappa shape index (κ3) is 4.25. The molecule has 1 saturated heterocycles. The second-order valence-corrected chi connectivity index (χ2v) is 11.7. The number of fused-ring (bicyclic) bond motifs is 1. The average Bonchev–Trinajstić information content (AvgIpc) is 3.38. The van der Waals surface area contributed by atoms with E-state index in [2.05, 4.69) is 11.4 Å². The predicted octanol–water partition coefficient (Wildman–Crippen LogP) is 4.72. The number of para-hydroxylation sites is 1. The summed E-state index contributed by atoms with van der Waals surface area (Å²) in [5.74, 6) is -0.899. The monoisotopic (exact) mass is 516 g/mol. The molecule has 0 unspecified atom stereocenters. The second-order valence-electron chi connectivity index (χ2n) is 11.7. The molecule has 1 saturated carbocycles. The Bertz CT molecular complexity index is 1330. The lowest BCUT2D eigenvalue weighted by molar-refractivity contribution is -0.213. The summed E-state index contributed by atoms with van der Waals surface area (Å²) >= 11 is 0. The number of benzene rings is 2. The number of carbonyl (C=O) groups is 2. The normalized spacial score (nSPS) is 24.8. The van der Waals surface area contributed by atoms with Crippen LogP contribution in [0.15, 0.2) is 42.5 Å². The molecule has 1 N–H and O–H groups in total. The van der Waals surface area contributed by atoms with Crippen molar-refractivity contribution < 1.29 is 18.8 Å². The molecule has 0 spiro atoms. The number of anilines is 2. The van der Waals surface area contributed by atoms with Gasteiger partial charge < -0.3 is 15.0 Å². The van der Waals surface area contributed by atoms with Crippen molar-refractivity contribution in [2.24, 2.45) is 16.7 Å². The van der Waals surface area contributed by atoms with Gasteiger partial charge in [-0.2, -0.15) is 5.26 Å². The average molecular weight is 517 g/mol. The minimum Gasteiger partial charge on any atom is -0.368 e. The van der Waals surface area contributed by atoms with E-state index in [1.165, 1.54) is 6.07 Å². The first kappa shape index (κ1) is 25.9. The summed E-state index contributed by atoms with van der Waals surface area (Å²) in [6.45, 7) is 9.81. The predicted molar refractivity (Wildman–Crippen MR) is 144 cm³/mol. The number of aldehydes is 1. The van der Waals surface area contributed by atoms with Gasteiger partial charge in [0.2, 0.25) is 0 Å². The van der Waals surface area contributed by atoms with Gasteiger partial charge in [0.15, 0.2) is 0 Å². The summed E-state index contributed by atoms with van der Waals surface area (Å²) in [7, 11) is 0. The molecule has 2 aromatic carbocycles. The number of nitrogens with zero attached hydrogens (tertiary/aromatic N) is 3. The van der Waals surface area contributed by atoms with Gasteiger partial charge in [0.1, 0.15) is 18.2 Å². The summed E-state index contributed by atoms with van der Waals surface area (Å²) in [6, 6.07) is 12.1. The molecule has 198 valence electrons. The Morgan fingerprint density at radius 3 is 2.63 bits per heavy atom. The molecular formula is C30H33FN4O3. The maximum atomic E-state index is 15.0. The van der Waals surface area contributed by atoms with Crippen LogP contribution in [-0.2, 0) is 9.63 Å². The molecule has 0 aromatic heterocycles. The van der Waals surface area contributed by atoms with E-state index in [9.17, 15) is 19.2 Å². The van der Waals surface area contributed by atoms with Crippen LogP contribution in [0.25, 0.3) is 6.08 Å². The van der Waals surface area contributed by atoms with Crippen LogP contribution in [0.1, 0.15) is 55.6 Å². The molecule has 0 bridgehead atoms. The molecule has 2 aliphatic heterocycles. The number of carbonyl (C=O) groups excluding carboxylic acids is 2. The van der Waals surface area contributed by atoms with Crippen LogP contribution in [0.5, 0.6) is 0 Å². The Labute approximate surface area is 222 Å². The summed E-state index contributed by atoms with van der Waals surface area (Å²) in [6.07, 6.45) is 5.37. The summed E-state index contributed by atoms with van der Waals surface area (Å²) in [5, 5.41) is 14.5. The zero-order valence-corrected chi connectivity index (χ0v) is 22.2. The Morgan fingerprint density at radius 1 is 1.21 bits per heavy atom. The van der Waals surface area contributed by atoms with Crippen molar-refractivity contribution in [3.8, 4) is 6.07 Å². The van der Waals surface area contributed by atoms with E-state index in [4.69, 9.17) is 4.84 Å². The highest BCUT2D eigenvalue weighted by Gasteiger charge is 2.64. The molecule has 1 amide bonds. The van der Waals surface area contributed by atoms with E-state index in [0.29, 0.717) is 37.3 Å². The first-order chi connectivity index (χ1) is 18.1. The molecule has 2 aromatic rings. The zero-order valence-electron chi connectivity index (χ0n) is 22.2. The van der Waals surface area contributed by atoms with Crippen LogP contribution < -0.4 is 15.3 Å². The fraction of sp³-hybridized carbons (Fsp3) is 0.433. The number of halogens is 1. The number of amides is 1.